The standard InChI is InChI=1S/C29H54N2O4Si2/c1-28-16-15-21(30-32-3)17-20(28)11-12-22-23-13-14-24(25(31-33-4)19-34-36(5,6)7)29(23,2)18-26(27(22)28)35-37(8,9)10/h20,22-24,26-27H,11-19H2,1-10H3. The monoisotopic (exact) mass is 550 g/mol. The molecule has 0 aromatic rings. The van der Waals surface area contributed by atoms with Gasteiger partial charge in [0.1, 0.15) is 14.2 Å². The van der Waals surface area contributed by atoms with Crippen LogP contribution in [-0.4, -0.2) is 55.0 Å². The minimum atomic E-state index is -1.74. The fraction of sp³-hybridized carbons (Fsp3) is 0.931. The summed E-state index contributed by atoms with van der Waals surface area (Å²) in [5, 5.41) is 9.00. The van der Waals surface area contributed by atoms with Crippen molar-refractivity contribution in [3.63, 3.8) is 0 Å². The highest BCUT2D eigenvalue weighted by Crippen LogP contribution is 2.68. The van der Waals surface area contributed by atoms with E-state index in [0.717, 1.165) is 25.0 Å². The lowest BCUT2D eigenvalue weighted by Gasteiger charge is -2.63. The van der Waals surface area contributed by atoms with Gasteiger partial charge in [-0.25, -0.2) is 0 Å². The molecule has 4 aliphatic carbocycles. The molecule has 0 aromatic heterocycles. The Morgan fingerprint density at radius 2 is 1.65 bits per heavy atom. The van der Waals surface area contributed by atoms with Crippen LogP contribution in [0.2, 0.25) is 39.3 Å². The fourth-order valence-electron chi connectivity index (χ4n) is 9.07. The molecule has 212 valence electrons. The second-order valence-electron chi connectivity index (χ2n) is 14.9. The number of fused-ring (bicyclic) bond motifs is 5. The molecule has 4 rings (SSSR count). The van der Waals surface area contributed by atoms with Crippen LogP contribution in [0.1, 0.15) is 65.2 Å². The third-order valence-electron chi connectivity index (χ3n) is 10.4. The van der Waals surface area contributed by atoms with Crippen molar-refractivity contribution >= 4 is 28.1 Å². The Morgan fingerprint density at radius 1 is 0.919 bits per heavy atom. The topological polar surface area (TPSA) is 61.6 Å². The number of rotatable bonds is 8. The van der Waals surface area contributed by atoms with Gasteiger partial charge in [-0.15, -0.1) is 0 Å². The SMILES string of the molecule is CON=C1CCC2(C)C(CCC3C4CCC(C(CO[Si](C)(C)C)=NOC)C4(C)CC(O[Si](C)(C)C)C32)C1. The summed E-state index contributed by atoms with van der Waals surface area (Å²) in [6.45, 7) is 19.6. The number of nitrogens with zero attached hydrogens (tertiary/aromatic N) is 2. The van der Waals surface area contributed by atoms with E-state index in [0.29, 0.717) is 47.7 Å². The summed E-state index contributed by atoms with van der Waals surface area (Å²) < 4.78 is 13.6. The van der Waals surface area contributed by atoms with E-state index in [4.69, 9.17) is 18.5 Å². The van der Waals surface area contributed by atoms with Crippen molar-refractivity contribution in [3.8, 4) is 0 Å². The second kappa shape index (κ2) is 10.7. The first kappa shape index (κ1) is 29.3. The predicted octanol–water partition coefficient (Wildman–Crippen LogP) is 7.33. The van der Waals surface area contributed by atoms with Gasteiger partial charge in [-0.1, -0.05) is 24.2 Å². The van der Waals surface area contributed by atoms with Gasteiger partial charge in [0.2, 0.25) is 0 Å². The van der Waals surface area contributed by atoms with Crippen molar-refractivity contribution in [3.05, 3.63) is 0 Å². The van der Waals surface area contributed by atoms with E-state index >= 15 is 0 Å². The van der Waals surface area contributed by atoms with E-state index in [9.17, 15) is 0 Å². The van der Waals surface area contributed by atoms with Crippen molar-refractivity contribution in [1.82, 2.24) is 0 Å². The smallest absolute Gasteiger partial charge is 0.184 e. The van der Waals surface area contributed by atoms with E-state index in [1.54, 1.807) is 14.2 Å². The molecule has 8 heteroatoms. The molecule has 8 unspecified atom stereocenters. The molecular formula is C29H54N2O4Si2. The molecular weight excluding hydrogens is 497 g/mol. The molecule has 8 atom stereocenters. The third-order valence-corrected chi connectivity index (χ3v) is 12.4. The predicted molar refractivity (Wildman–Crippen MR) is 157 cm³/mol. The van der Waals surface area contributed by atoms with Gasteiger partial charge in [-0.2, -0.15) is 0 Å². The van der Waals surface area contributed by atoms with Crippen LogP contribution in [0.4, 0.5) is 0 Å². The third kappa shape index (κ3) is 5.92. The minimum absolute atomic E-state index is 0.173. The lowest BCUT2D eigenvalue weighted by molar-refractivity contribution is -0.153. The summed E-state index contributed by atoms with van der Waals surface area (Å²) in [5.74, 6) is 3.14. The molecule has 0 bridgehead atoms. The van der Waals surface area contributed by atoms with Crippen molar-refractivity contribution < 1.29 is 18.5 Å². The zero-order valence-corrected chi connectivity index (χ0v) is 27.4. The maximum absolute atomic E-state index is 7.20. The molecule has 0 heterocycles. The highest BCUT2D eigenvalue weighted by molar-refractivity contribution is 6.70. The largest absolute Gasteiger partial charge is 0.414 e. The maximum atomic E-state index is 7.20. The van der Waals surface area contributed by atoms with Crippen LogP contribution in [-0.2, 0) is 18.5 Å². The van der Waals surface area contributed by atoms with E-state index in [1.807, 2.05) is 0 Å². The fourth-order valence-corrected chi connectivity index (χ4v) is 10.8. The lowest BCUT2D eigenvalue weighted by Crippen LogP contribution is -2.61. The molecule has 6 nitrogen and oxygen atoms in total. The summed E-state index contributed by atoms with van der Waals surface area (Å²) >= 11 is 0. The number of hydrogen-bond acceptors (Lipinski definition) is 6. The van der Waals surface area contributed by atoms with Gasteiger partial charge in [-0.3, -0.25) is 0 Å². The van der Waals surface area contributed by atoms with Gasteiger partial charge in [-0.05, 0) is 125 Å². The zero-order chi connectivity index (χ0) is 27.2. The van der Waals surface area contributed by atoms with Gasteiger partial charge in [0.15, 0.2) is 16.6 Å². The van der Waals surface area contributed by atoms with E-state index < -0.39 is 16.6 Å². The van der Waals surface area contributed by atoms with E-state index in [1.165, 1.54) is 37.8 Å². The molecule has 4 aliphatic rings. The molecule has 4 saturated carbocycles. The molecule has 0 saturated heterocycles. The summed E-state index contributed by atoms with van der Waals surface area (Å²) in [6, 6.07) is 0. The van der Waals surface area contributed by atoms with Crippen LogP contribution in [0.15, 0.2) is 10.3 Å². The van der Waals surface area contributed by atoms with Crippen LogP contribution in [0.25, 0.3) is 0 Å². The molecule has 37 heavy (non-hydrogen) atoms. The van der Waals surface area contributed by atoms with Crippen molar-refractivity contribution in [2.75, 3.05) is 20.8 Å². The highest BCUT2D eigenvalue weighted by atomic mass is 28.4. The number of hydrogen-bond donors (Lipinski definition) is 0. The van der Waals surface area contributed by atoms with Gasteiger partial charge >= 0.3 is 0 Å². The molecule has 0 spiro atoms. The van der Waals surface area contributed by atoms with Gasteiger partial charge in [0, 0.05) is 12.0 Å². The quantitative estimate of drug-likeness (QED) is 0.180. The Balaban J connectivity index is 1.68. The molecule has 0 N–H and O–H groups in total. The molecule has 4 fully saturated rings. The lowest BCUT2D eigenvalue weighted by atomic mass is 9.44. The Bertz CT molecular complexity index is 882. The Morgan fingerprint density at radius 3 is 2.27 bits per heavy atom. The minimum Gasteiger partial charge on any atom is -0.414 e. The summed E-state index contributed by atoms with van der Waals surface area (Å²) in [6.07, 6.45) is 9.89. The summed E-state index contributed by atoms with van der Waals surface area (Å²) in [4.78, 5) is 10.6. The van der Waals surface area contributed by atoms with Crippen molar-refractivity contribution in [1.29, 1.82) is 0 Å². The molecule has 0 aromatic carbocycles. The van der Waals surface area contributed by atoms with E-state index in [2.05, 4.69) is 63.4 Å². The number of oxime groups is 2. The second-order valence-corrected chi connectivity index (χ2v) is 23.9. The zero-order valence-electron chi connectivity index (χ0n) is 25.4. The highest BCUT2D eigenvalue weighted by Gasteiger charge is 2.64. The maximum Gasteiger partial charge on any atom is 0.184 e. The molecule has 0 amide bonds. The Hall–Kier alpha value is -0.706. The van der Waals surface area contributed by atoms with Gasteiger partial charge in [0.25, 0.3) is 0 Å². The first-order valence-electron chi connectivity index (χ1n) is 14.7. The molecule has 0 radical (unpaired) electrons. The Kier molecular flexibility index (Phi) is 8.46. The van der Waals surface area contributed by atoms with Crippen LogP contribution in [0, 0.1) is 40.4 Å². The first-order chi connectivity index (χ1) is 17.2. The van der Waals surface area contributed by atoms with Crippen LogP contribution in [0.5, 0.6) is 0 Å². The normalized spacial score (nSPS) is 41.7. The van der Waals surface area contributed by atoms with Crippen molar-refractivity contribution in [2.24, 2.45) is 50.7 Å². The van der Waals surface area contributed by atoms with Gasteiger partial charge < -0.3 is 18.5 Å². The average Bonchev–Trinajstić information content (AvgIpc) is 3.11. The first-order valence-corrected chi connectivity index (χ1v) is 21.5. The van der Waals surface area contributed by atoms with Crippen LogP contribution < -0.4 is 0 Å². The van der Waals surface area contributed by atoms with Crippen LogP contribution in [0.3, 0.4) is 0 Å². The summed E-state index contributed by atoms with van der Waals surface area (Å²) in [7, 11) is -0.0237. The molecule has 0 aliphatic heterocycles. The average molecular weight is 551 g/mol. The van der Waals surface area contributed by atoms with Crippen LogP contribution >= 0.6 is 0 Å². The van der Waals surface area contributed by atoms with E-state index in [-0.39, 0.29) is 5.41 Å². The van der Waals surface area contributed by atoms with Gasteiger partial charge in [0.05, 0.1) is 18.0 Å². The Labute approximate surface area is 228 Å². The van der Waals surface area contributed by atoms with Crippen molar-refractivity contribution in [2.45, 2.75) is 111 Å². The summed E-state index contributed by atoms with van der Waals surface area (Å²) in [5.41, 5.74) is 2.87.